The lowest BCUT2D eigenvalue weighted by Crippen LogP contribution is -2.18. The Morgan fingerprint density at radius 3 is 1.00 bits per heavy atom. The first-order chi connectivity index (χ1) is 16.1. The Kier molecular flexibility index (Phi) is 23.0. The van der Waals surface area contributed by atoms with Crippen molar-refractivity contribution >= 4 is 35.6 Å². The number of amides is 4. The van der Waals surface area contributed by atoms with Crippen molar-refractivity contribution in [3.8, 4) is 0 Å². The van der Waals surface area contributed by atoms with Gasteiger partial charge in [0.2, 0.25) is 23.6 Å². The molecule has 10 nitrogen and oxygen atoms in total. The maximum absolute atomic E-state index is 10.1. The fraction of sp³-hybridized carbons (Fsp3) is 0.750. The zero-order valence-electron chi connectivity index (χ0n) is 20.7. The van der Waals surface area contributed by atoms with Crippen molar-refractivity contribution in [3.05, 3.63) is 0 Å². The summed E-state index contributed by atoms with van der Waals surface area (Å²) >= 11 is 0. The molecule has 2 rings (SSSR count). The topological polar surface area (TPSA) is 167 Å². The van der Waals surface area contributed by atoms with Gasteiger partial charge in [-0.15, -0.1) is 0 Å². The van der Waals surface area contributed by atoms with Crippen LogP contribution in [0.25, 0.3) is 0 Å². The smallest absolute Gasteiger partial charge is 0.303 e. The van der Waals surface area contributed by atoms with Gasteiger partial charge in [-0.3, -0.25) is 39.4 Å². The van der Waals surface area contributed by atoms with Crippen molar-refractivity contribution < 1.29 is 39.0 Å². The monoisotopic (exact) mass is 486 g/mol. The third-order valence-electron chi connectivity index (χ3n) is 4.70. The van der Waals surface area contributed by atoms with Gasteiger partial charge in [0.1, 0.15) is 0 Å². The number of carbonyl (C=O) groups is 6. The number of unbranched alkanes of at least 4 members (excludes halogenated alkanes) is 8. The summed E-state index contributed by atoms with van der Waals surface area (Å²) in [7, 11) is 0. The number of nitrogens with one attached hydrogen (secondary N) is 2. The van der Waals surface area contributed by atoms with Crippen molar-refractivity contribution in [3.63, 3.8) is 0 Å². The van der Waals surface area contributed by atoms with E-state index in [0.717, 1.165) is 25.7 Å². The lowest BCUT2D eigenvalue weighted by Gasteiger charge is -1.95. The minimum Gasteiger partial charge on any atom is -0.481 e. The van der Waals surface area contributed by atoms with E-state index < -0.39 is 11.9 Å². The molecule has 0 radical (unpaired) electrons. The van der Waals surface area contributed by atoms with Gasteiger partial charge in [0.05, 0.1) is 0 Å². The molecule has 0 saturated carbocycles. The van der Waals surface area contributed by atoms with Gasteiger partial charge in [0.15, 0.2) is 0 Å². The fourth-order valence-corrected chi connectivity index (χ4v) is 2.77. The predicted octanol–water partition coefficient (Wildman–Crippen LogP) is 3.71. The molecule has 2 heterocycles. The van der Waals surface area contributed by atoms with E-state index in [2.05, 4.69) is 24.5 Å². The number of carbonyl (C=O) groups excluding carboxylic acids is 4. The number of aliphatic carboxylic acids is 2. The molecular formula is C24H42N2O8. The van der Waals surface area contributed by atoms with Crippen molar-refractivity contribution in [2.45, 2.75) is 117 Å². The van der Waals surface area contributed by atoms with Gasteiger partial charge in [-0.25, -0.2) is 0 Å². The van der Waals surface area contributed by atoms with E-state index in [4.69, 9.17) is 10.2 Å². The second-order valence-corrected chi connectivity index (χ2v) is 8.06. The summed E-state index contributed by atoms with van der Waals surface area (Å²) in [6, 6.07) is 0. The van der Waals surface area contributed by atoms with Crippen LogP contribution >= 0.6 is 0 Å². The Morgan fingerprint density at radius 1 is 0.559 bits per heavy atom. The highest BCUT2D eigenvalue weighted by Gasteiger charge is 2.16. The third kappa shape index (κ3) is 27.3. The summed E-state index contributed by atoms with van der Waals surface area (Å²) in [4.78, 5) is 60.6. The fourth-order valence-electron chi connectivity index (χ4n) is 2.77. The summed E-state index contributed by atoms with van der Waals surface area (Å²) in [5, 5.41) is 20.8. The molecule has 2 aliphatic heterocycles. The summed E-state index contributed by atoms with van der Waals surface area (Å²) < 4.78 is 0. The van der Waals surface area contributed by atoms with Gasteiger partial charge in [-0.2, -0.15) is 0 Å². The Bertz CT molecular complexity index is 552. The van der Waals surface area contributed by atoms with E-state index in [-0.39, 0.29) is 23.6 Å². The van der Waals surface area contributed by atoms with Crippen molar-refractivity contribution in [1.82, 2.24) is 10.6 Å². The summed E-state index contributed by atoms with van der Waals surface area (Å²) in [6.45, 7) is 4.30. The zero-order valence-corrected chi connectivity index (χ0v) is 20.7. The molecule has 0 unspecified atom stereocenters. The normalized spacial score (nSPS) is 13.9. The van der Waals surface area contributed by atoms with Crippen LogP contribution in [0.5, 0.6) is 0 Å². The van der Waals surface area contributed by atoms with Crippen molar-refractivity contribution in [2.75, 3.05) is 0 Å². The van der Waals surface area contributed by atoms with E-state index in [1.807, 2.05) is 0 Å². The minimum atomic E-state index is -0.670. The molecule has 2 saturated heterocycles. The third-order valence-corrected chi connectivity index (χ3v) is 4.70. The van der Waals surface area contributed by atoms with Crippen LogP contribution in [0, 0.1) is 0 Å². The molecule has 34 heavy (non-hydrogen) atoms. The lowest BCUT2D eigenvalue weighted by molar-refractivity contribution is -0.138. The lowest BCUT2D eigenvalue weighted by atomic mass is 10.1. The van der Waals surface area contributed by atoms with Crippen LogP contribution in [0.4, 0.5) is 0 Å². The standard InChI is InChI=1S/2C8H16O2.2C4H5NO2/c2*1-2-3-4-5-6-7-8(9)10;2*6-3-1-2-4(7)5-3/h2*2-7H2,1H3,(H,9,10);2*1-2H2,(H,5,6,7). The summed E-state index contributed by atoms with van der Waals surface area (Å²) in [6.07, 6.45) is 13.3. The number of imide groups is 2. The van der Waals surface area contributed by atoms with Crippen LogP contribution in [-0.4, -0.2) is 45.8 Å². The maximum Gasteiger partial charge on any atom is 0.303 e. The Morgan fingerprint density at radius 2 is 0.824 bits per heavy atom. The molecule has 0 spiro atoms. The minimum absolute atomic E-state index is 0.148. The first-order valence-electron chi connectivity index (χ1n) is 12.2. The molecule has 0 aromatic carbocycles. The van der Waals surface area contributed by atoms with E-state index in [1.54, 1.807) is 0 Å². The largest absolute Gasteiger partial charge is 0.481 e. The van der Waals surface area contributed by atoms with Gasteiger partial charge in [-0.05, 0) is 12.8 Å². The van der Waals surface area contributed by atoms with Gasteiger partial charge >= 0.3 is 11.9 Å². The molecule has 2 fully saturated rings. The second-order valence-electron chi connectivity index (χ2n) is 8.06. The highest BCUT2D eigenvalue weighted by Crippen LogP contribution is 2.05. The SMILES string of the molecule is CCCCCCCC(=O)O.CCCCCCCC(=O)O.O=C1CCC(=O)N1.O=C1CCC(=O)N1. The first kappa shape index (κ1) is 33.4. The average molecular weight is 487 g/mol. The van der Waals surface area contributed by atoms with Crippen molar-refractivity contribution in [1.29, 1.82) is 0 Å². The zero-order chi connectivity index (χ0) is 26.2. The molecule has 0 aromatic rings. The molecule has 4 amide bonds. The quantitative estimate of drug-likeness (QED) is 0.239. The van der Waals surface area contributed by atoms with Crippen LogP contribution in [-0.2, 0) is 28.8 Å². The summed E-state index contributed by atoms with van der Waals surface area (Å²) in [5.74, 6) is -1.93. The number of carboxylic acids is 2. The van der Waals surface area contributed by atoms with Crippen LogP contribution in [0.2, 0.25) is 0 Å². The molecule has 10 heteroatoms. The van der Waals surface area contributed by atoms with Crippen molar-refractivity contribution in [2.24, 2.45) is 0 Å². The van der Waals surface area contributed by atoms with Crippen LogP contribution in [0.15, 0.2) is 0 Å². The van der Waals surface area contributed by atoms with E-state index >= 15 is 0 Å². The number of hydrogen-bond donors (Lipinski definition) is 4. The molecular weight excluding hydrogens is 444 g/mol. The Hall–Kier alpha value is -2.78. The van der Waals surface area contributed by atoms with E-state index in [9.17, 15) is 28.8 Å². The average Bonchev–Trinajstić information content (AvgIpc) is 3.34. The van der Waals surface area contributed by atoms with Gasteiger partial charge in [-0.1, -0.05) is 65.2 Å². The van der Waals surface area contributed by atoms with Gasteiger partial charge in [0.25, 0.3) is 0 Å². The molecule has 0 aromatic heterocycles. The molecule has 0 aliphatic carbocycles. The molecule has 2 aliphatic rings. The number of hydrogen-bond acceptors (Lipinski definition) is 6. The Labute approximate surface area is 202 Å². The summed E-state index contributed by atoms with van der Waals surface area (Å²) in [5.41, 5.74) is 0. The highest BCUT2D eigenvalue weighted by molar-refractivity contribution is 6.02. The van der Waals surface area contributed by atoms with Crippen LogP contribution in [0.3, 0.4) is 0 Å². The van der Waals surface area contributed by atoms with Gasteiger partial charge in [0, 0.05) is 38.5 Å². The Balaban J connectivity index is 0. The second kappa shape index (κ2) is 23.4. The number of rotatable bonds is 12. The molecule has 0 atom stereocenters. The number of carboxylic acid groups (broad SMARTS) is 2. The van der Waals surface area contributed by atoms with E-state index in [0.29, 0.717) is 38.5 Å². The van der Waals surface area contributed by atoms with E-state index in [1.165, 1.54) is 38.5 Å². The first-order valence-corrected chi connectivity index (χ1v) is 12.2. The van der Waals surface area contributed by atoms with Crippen LogP contribution in [0.1, 0.15) is 117 Å². The predicted molar refractivity (Wildman–Crippen MR) is 127 cm³/mol. The highest BCUT2D eigenvalue weighted by atomic mass is 16.4. The van der Waals surface area contributed by atoms with Gasteiger partial charge < -0.3 is 10.2 Å². The molecule has 0 bridgehead atoms. The maximum atomic E-state index is 10.1. The molecule has 4 N–H and O–H groups in total. The molecule has 196 valence electrons. The van der Waals surface area contributed by atoms with Crippen LogP contribution < -0.4 is 10.6 Å².